The van der Waals surface area contributed by atoms with E-state index in [4.69, 9.17) is 0 Å². The summed E-state index contributed by atoms with van der Waals surface area (Å²) in [6, 6.07) is 0. The van der Waals surface area contributed by atoms with Crippen molar-refractivity contribution in [3.05, 3.63) is 0 Å². The summed E-state index contributed by atoms with van der Waals surface area (Å²) < 4.78 is 0.315. The normalized spacial score (nSPS) is 13.3. The first-order valence-corrected chi connectivity index (χ1v) is 12.4. The minimum atomic E-state index is -0.0368. The van der Waals surface area contributed by atoms with Gasteiger partial charge in [0.1, 0.15) is 0 Å². The van der Waals surface area contributed by atoms with Crippen LogP contribution in [0, 0.1) is 0 Å². The molecule has 0 radical (unpaired) electrons. The Bertz CT molecular complexity index is 72.6. The SMILES string of the molecule is PP(P)C(P)(P)P(P)P. The van der Waals surface area contributed by atoms with Crippen LogP contribution in [-0.4, -0.2) is 4.38 Å². The van der Waals surface area contributed by atoms with Crippen molar-refractivity contribution in [2.75, 3.05) is 0 Å². The van der Waals surface area contributed by atoms with Gasteiger partial charge in [0.25, 0.3) is 0 Å². The van der Waals surface area contributed by atoms with Crippen molar-refractivity contribution in [1.29, 1.82) is 0 Å². The van der Waals surface area contributed by atoms with Crippen LogP contribution < -0.4 is 0 Å². The van der Waals surface area contributed by atoms with Crippen LogP contribution in [-0.2, 0) is 0 Å². The zero-order valence-corrected chi connectivity index (χ0v) is 13.6. The summed E-state index contributed by atoms with van der Waals surface area (Å²) in [5.74, 6) is 0. The lowest BCUT2D eigenvalue weighted by atomic mass is 11.8. The molecular weight excluding hydrogens is 260 g/mol. The van der Waals surface area contributed by atoms with Gasteiger partial charge in [-0.05, 0) is 14.6 Å². The molecule has 0 nitrogen and oxygen atoms in total. The van der Waals surface area contributed by atoms with Crippen molar-refractivity contribution in [2.24, 2.45) is 0 Å². The molecule has 0 aromatic heterocycles. The van der Waals surface area contributed by atoms with E-state index in [0.717, 1.165) is 0 Å². The largest absolute Gasteiger partial charge is 0.116 e. The molecule has 0 spiro atoms. The molecule has 56 valence electrons. The predicted molar refractivity (Wildman–Crippen MR) is 74.8 cm³/mol. The smallest absolute Gasteiger partial charge is 0.0516 e. The molecule has 0 aliphatic rings. The number of hydrogen-bond donors (Lipinski definition) is 0. The Morgan fingerprint density at radius 2 is 1.00 bits per heavy atom. The Balaban J connectivity index is 4.01. The molecule has 6 unspecified atom stereocenters. The molecule has 0 bridgehead atoms. The molecule has 0 saturated heterocycles. The van der Waals surface area contributed by atoms with Crippen LogP contribution in [0.3, 0.4) is 0 Å². The molecule has 0 saturated carbocycles. The van der Waals surface area contributed by atoms with E-state index in [-0.39, 0.29) is 14.6 Å². The molecule has 9 heavy (non-hydrogen) atoms. The maximum Gasteiger partial charge on any atom is 0.0516 e. The molecule has 0 aromatic rings. The average Bonchev–Trinajstić information content (AvgIpc) is 1.65. The van der Waals surface area contributed by atoms with Crippen molar-refractivity contribution >= 4 is 68.8 Å². The van der Waals surface area contributed by atoms with E-state index >= 15 is 0 Å². The van der Waals surface area contributed by atoms with Crippen LogP contribution >= 0.6 is 68.8 Å². The van der Waals surface area contributed by atoms with E-state index in [1.165, 1.54) is 0 Å². The standard InChI is InChI=1S/CH12P8/c2-1(3,8(4)5)9(6)7/h2-7H2. The van der Waals surface area contributed by atoms with Gasteiger partial charge in [-0.2, -0.15) is 0 Å². The maximum atomic E-state index is 2.88. The van der Waals surface area contributed by atoms with E-state index < -0.39 is 0 Å². The molecule has 0 aromatic carbocycles. The molecular formula is CH12P8. The van der Waals surface area contributed by atoms with Gasteiger partial charge in [0.05, 0.1) is 4.38 Å². The molecule has 0 rings (SSSR count). The van der Waals surface area contributed by atoms with Gasteiger partial charge in [0, 0.05) is 0 Å². The Kier molecular flexibility index (Phi) is 7.23. The second-order valence-electron chi connectivity index (χ2n) is 1.60. The van der Waals surface area contributed by atoms with Gasteiger partial charge in [-0.3, -0.25) is 0 Å². The number of hydrogen-bond acceptors (Lipinski definition) is 0. The summed E-state index contributed by atoms with van der Waals surface area (Å²) in [6.45, 7) is 0. The van der Waals surface area contributed by atoms with E-state index in [1.807, 2.05) is 0 Å². The second-order valence-corrected chi connectivity index (χ2v) is 19.7. The van der Waals surface area contributed by atoms with Crippen LogP contribution in [0.4, 0.5) is 0 Å². The summed E-state index contributed by atoms with van der Waals surface area (Å²) in [7, 11) is 17.1. The van der Waals surface area contributed by atoms with E-state index in [0.29, 0.717) is 4.38 Å². The minimum Gasteiger partial charge on any atom is -0.116 e. The predicted octanol–water partition coefficient (Wildman–Crippen LogP) is 3.47. The quantitative estimate of drug-likeness (QED) is 0.675. The first kappa shape index (κ1) is 12.4. The maximum absolute atomic E-state index is 2.88. The summed E-state index contributed by atoms with van der Waals surface area (Å²) in [5, 5.41) is 0. The van der Waals surface area contributed by atoms with Crippen molar-refractivity contribution in [1.82, 2.24) is 0 Å². The molecule has 0 aliphatic carbocycles. The van der Waals surface area contributed by atoms with Gasteiger partial charge in [0.2, 0.25) is 0 Å². The highest BCUT2D eigenvalue weighted by molar-refractivity contribution is 8.57. The van der Waals surface area contributed by atoms with Crippen molar-refractivity contribution in [3.8, 4) is 0 Å². The lowest BCUT2D eigenvalue weighted by Crippen LogP contribution is -1.90. The number of rotatable bonds is 2. The molecule has 8 heteroatoms. The van der Waals surface area contributed by atoms with Crippen molar-refractivity contribution in [2.45, 2.75) is 4.38 Å². The lowest BCUT2D eigenvalue weighted by molar-refractivity contribution is 1.90. The van der Waals surface area contributed by atoms with Crippen LogP contribution in [0.5, 0.6) is 0 Å². The van der Waals surface area contributed by atoms with Crippen LogP contribution in [0.2, 0.25) is 0 Å². The Morgan fingerprint density at radius 1 is 0.778 bits per heavy atom. The molecule has 6 atom stereocenters. The fraction of sp³-hybridized carbons (Fsp3) is 1.00. The van der Waals surface area contributed by atoms with Gasteiger partial charge >= 0.3 is 0 Å². The highest BCUT2D eigenvalue weighted by Gasteiger charge is 2.26. The Morgan fingerprint density at radius 3 is 1.00 bits per heavy atom. The molecule has 0 fully saturated rings. The van der Waals surface area contributed by atoms with Gasteiger partial charge in [0.15, 0.2) is 0 Å². The van der Waals surface area contributed by atoms with E-state index in [1.54, 1.807) is 0 Å². The van der Waals surface area contributed by atoms with Gasteiger partial charge in [-0.15, -0.1) is 54.2 Å². The molecule has 0 amide bonds. The lowest BCUT2D eigenvalue weighted by Gasteiger charge is -2.32. The Hall–Kier alpha value is 3.44. The van der Waals surface area contributed by atoms with Gasteiger partial charge in [-0.25, -0.2) is 0 Å². The van der Waals surface area contributed by atoms with Gasteiger partial charge in [-0.1, -0.05) is 0 Å². The van der Waals surface area contributed by atoms with Gasteiger partial charge < -0.3 is 0 Å². The monoisotopic (exact) mass is 272 g/mol. The topological polar surface area (TPSA) is 0 Å². The highest BCUT2D eigenvalue weighted by Crippen LogP contribution is 2.85. The Labute approximate surface area is 73.3 Å². The molecule has 0 N–H and O–H groups in total. The summed E-state index contributed by atoms with van der Waals surface area (Å²) in [5.41, 5.74) is 0. The summed E-state index contributed by atoms with van der Waals surface area (Å²) >= 11 is 0. The van der Waals surface area contributed by atoms with E-state index in [9.17, 15) is 0 Å². The fourth-order valence-corrected chi connectivity index (χ4v) is 10.8. The van der Waals surface area contributed by atoms with Crippen molar-refractivity contribution < 1.29 is 0 Å². The first-order chi connectivity index (χ1) is 3.89. The van der Waals surface area contributed by atoms with E-state index in [2.05, 4.69) is 54.2 Å². The second kappa shape index (κ2) is 5.23. The average molecular weight is 272 g/mol. The summed E-state index contributed by atoms with van der Waals surface area (Å²) in [6.07, 6.45) is 0. The third kappa shape index (κ3) is 4.28. The first-order valence-electron chi connectivity index (χ1n) is 2.06. The minimum absolute atomic E-state index is 0.0368. The van der Waals surface area contributed by atoms with Crippen LogP contribution in [0.1, 0.15) is 0 Å². The zero-order valence-electron chi connectivity index (χ0n) is 4.86. The third-order valence-electron chi connectivity index (χ3n) is 0.827. The zero-order chi connectivity index (χ0) is 7.65. The van der Waals surface area contributed by atoms with Crippen LogP contribution in [0.15, 0.2) is 0 Å². The summed E-state index contributed by atoms with van der Waals surface area (Å²) in [4.78, 5) is 0. The fourth-order valence-electron chi connectivity index (χ4n) is 0.133. The molecule has 0 heterocycles. The van der Waals surface area contributed by atoms with Crippen LogP contribution in [0.25, 0.3) is 0 Å². The third-order valence-corrected chi connectivity index (χ3v) is 22.3. The molecule has 0 aliphatic heterocycles. The van der Waals surface area contributed by atoms with Crippen molar-refractivity contribution in [3.63, 3.8) is 0 Å². The highest BCUT2D eigenvalue weighted by atomic mass is 32.4.